The average molecular weight is 344 g/mol. The molecule has 0 unspecified atom stereocenters. The topological polar surface area (TPSA) is 68.3 Å². The van der Waals surface area contributed by atoms with E-state index in [0.29, 0.717) is 25.7 Å². The molecule has 21 heavy (non-hydrogen) atoms. The van der Waals surface area contributed by atoms with Gasteiger partial charge in [0.1, 0.15) is 23.1 Å². The third kappa shape index (κ3) is 7.68. The van der Waals surface area contributed by atoms with Crippen molar-refractivity contribution in [3.8, 4) is 0 Å². The molecule has 0 amide bonds. The van der Waals surface area contributed by atoms with Crippen molar-refractivity contribution in [3.63, 3.8) is 0 Å². The molecule has 0 atom stereocenters. The van der Waals surface area contributed by atoms with E-state index in [0.717, 1.165) is 0 Å². The van der Waals surface area contributed by atoms with Crippen LogP contribution in [0.4, 0.5) is 0 Å². The molecule has 0 saturated heterocycles. The van der Waals surface area contributed by atoms with Crippen molar-refractivity contribution in [2.24, 2.45) is 10.8 Å². The Balaban J connectivity index is 0.000000364. The fourth-order valence-electron chi connectivity index (χ4n) is 2.95. The number of hydrogen-bond donors (Lipinski definition) is 0. The van der Waals surface area contributed by atoms with E-state index in [1.165, 1.54) is 0 Å². The minimum atomic E-state index is -0.0770. The van der Waals surface area contributed by atoms with Gasteiger partial charge in [-0.2, -0.15) is 0 Å². The molecule has 1 radical (unpaired) electrons. The van der Waals surface area contributed by atoms with Crippen molar-refractivity contribution >= 4 is 23.1 Å². The van der Waals surface area contributed by atoms with Crippen molar-refractivity contribution in [2.45, 2.75) is 66.2 Å². The van der Waals surface area contributed by atoms with Gasteiger partial charge in [0.2, 0.25) is 0 Å². The molecular weight excluding hydrogens is 320 g/mol. The Bertz CT molecular complexity index is 371. The third-order valence-corrected chi connectivity index (χ3v) is 3.49. The number of rotatable bonds is 0. The molecule has 2 rings (SSSR count). The SMILES string of the molecule is CC1(C)CC(=O)CC(=O)C1.CC1(C)CC(=O)CC(=O)C1.[Cu]. The van der Waals surface area contributed by atoms with Crippen molar-refractivity contribution in [1.82, 2.24) is 0 Å². The van der Waals surface area contributed by atoms with Gasteiger partial charge in [-0.25, -0.2) is 0 Å². The van der Waals surface area contributed by atoms with E-state index in [2.05, 4.69) is 0 Å². The number of hydrogen-bond acceptors (Lipinski definition) is 4. The zero-order valence-corrected chi connectivity index (χ0v) is 14.1. The molecule has 0 aromatic carbocycles. The van der Waals surface area contributed by atoms with Gasteiger partial charge in [-0.05, 0) is 10.8 Å². The maximum atomic E-state index is 10.9. The summed E-state index contributed by atoms with van der Waals surface area (Å²) in [5.74, 6) is 0.394. The van der Waals surface area contributed by atoms with E-state index in [9.17, 15) is 19.2 Å². The van der Waals surface area contributed by atoms with Crippen LogP contribution in [0.1, 0.15) is 66.2 Å². The molecule has 2 aliphatic rings. The Morgan fingerprint density at radius 1 is 0.571 bits per heavy atom. The summed E-state index contributed by atoms with van der Waals surface area (Å²) in [4.78, 5) is 43.5. The van der Waals surface area contributed by atoms with Gasteiger partial charge in [0, 0.05) is 42.8 Å². The minimum absolute atomic E-state index is 0. The van der Waals surface area contributed by atoms with Crippen molar-refractivity contribution < 1.29 is 36.2 Å². The van der Waals surface area contributed by atoms with Crippen LogP contribution in [0, 0.1) is 10.8 Å². The quantitative estimate of drug-likeness (QED) is 0.501. The molecular formula is C16H24CuO4. The first-order valence-electron chi connectivity index (χ1n) is 7.06. The van der Waals surface area contributed by atoms with Gasteiger partial charge < -0.3 is 0 Å². The number of Topliss-reactive ketones (excluding diaryl/α,β-unsaturated/α-hetero) is 4. The second kappa shape index (κ2) is 7.46. The van der Waals surface area contributed by atoms with Crippen LogP contribution in [-0.4, -0.2) is 23.1 Å². The molecule has 2 aliphatic carbocycles. The normalized spacial score (nSPS) is 23.8. The molecule has 2 saturated carbocycles. The fourth-order valence-corrected chi connectivity index (χ4v) is 2.95. The summed E-state index contributed by atoms with van der Waals surface area (Å²) in [5.41, 5.74) is -0.154. The summed E-state index contributed by atoms with van der Waals surface area (Å²) in [5, 5.41) is 0. The van der Waals surface area contributed by atoms with Crippen molar-refractivity contribution in [3.05, 3.63) is 0 Å². The van der Waals surface area contributed by atoms with Gasteiger partial charge >= 0.3 is 0 Å². The standard InChI is InChI=1S/2C8H12O2.Cu/c2*1-8(2)4-6(9)3-7(10)5-8;/h2*3-5H2,1-2H3;. The Morgan fingerprint density at radius 3 is 0.905 bits per heavy atom. The van der Waals surface area contributed by atoms with Gasteiger partial charge in [-0.3, -0.25) is 19.2 Å². The zero-order chi connectivity index (χ0) is 15.6. The van der Waals surface area contributed by atoms with Crippen molar-refractivity contribution in [2.75, 3.05) is 0 Å². The molecule has 0 N–H and O–H groups in total. The predicted octanol–water partition coefficient (Wildman–Crippen LogP) is 2.67. The smallest absolute Gasteiger partial charge is 0.140 e. The van der Waals surface area contributed by atoms with E-state index < -0.39 is 0 Å². The van der Waals surface area contributed by atoms with E-state index in [4.69, 9.17) is 0 Å². The first kappa shape index (κ1) is 20.2. The van der Waals surface area contributed by atoms with Crippen LogP contribution in [0.3, 0.4) is 0 Å². The van der Waals surface area contributed by atoms with Crippen LogP contribution in [0.25, 0.3) is 0 Å². The van der Waals surface area contributed by atoms with Crippen LogP contribution in [0.15, 0.2) is 0 Å². The van der Waals surface area contributed by atoms with Crippen molar-refractivity contribution in [1.29, 1.82) is 0 Å². The molecule has 0 heterocycles. The monoisotopic (exact) mass is 343 g/mol. The third-order valence-electron chi connectivity index (χ3n) is 3.49. The number of carbonyl (C=O) groups is 4. The summed E-state index contributed by atoms with van der Waals surface area (Å²) in [6, 6.07) is 0. The van der Waals surface area contributed by atoms with E-state index in [1.807, 2.05) is 27.7 Å². The second-order valence-corrected chi connectivity index (χ2v) is 7.54. The van der Waals surface area contributed by atoms with E-state index >= 15 is 0 Å². The Morgan fingerprint density at radius 2 is 0.762 bits per heavy atom. The average Bonchev–Trinajstić information content (AvgIpc) is 2.08. The molecule has 0 aromatic heterocycles. The van der Waals surface area contributed by atoms with Gasteiger partial charge in [0.05, 0.1) is 12.8 Å². The maximum Gasteiger partial charge on any atom is 0.140 e. The van der Waals surface area contributed by atoms with Gasteiger partial charge in [-0.1, -0.05) is 27.7 Å². The summed E-state index contributed by atoms with van der Waals surface area (Å²) in [6.07, 6.45) is 2.61. The molecule has 0 aliphatic heterocycles. The summed E-state index contributed by atoms with van der Waals surface area (Å²) >= 11 is 0. The van der Waals surface area contributed by atoms with Gasteiger partial charge in [0.15, 0.2) is 0 Å². The second-order valence-electron chi connectivity index (χ2n) is 7.54. The Hall–Kier alpha value is -0.801. The van der Waals surface area contributed by atoms with Gasteiger partial charge in [0.25, 0.3) is 0 Å². The number of ketones is 4. The van der Waals surface area contributed by atoms with Crippen LogP contribution < -0.4 is 0 Å². The van der Waals surface area contributed by atoms with Crippen LogP contribution >= 0.6 is 0 Å². The summed E-state index contributed by atoms with van der Waals surface area (Å²) < 4.78 is 0. The molecule has 123 valence electrons. The first-order valence-corrected chi connectivity index (χ1v) is 7.06. The van der Waals surface area contributed by atoms with Crippen LogP contribution in [-0.2, 0) is 36.2 Å². The maximum absolute atomic E-state index is 10.9. The van der Waals surface area contributed by atoms with Crippen LogP contribution in [0.5, 0.6) is 0 Å². The Labute approximate surface area is 136 Å². The summed E-state index contributed by atoms with van der Waals surface area (Å²) in [6.45, 7) is 7.84. The largest absolute Gasteiger partial charge is 0.299 e. The van der Waals surface area contributed by atoms with Crippen LogP contribution in [0.2, 0.25) is 0 Å². The molecule has 2 fully saturated rings. The van der Waals surface area contributed by atoms with Gasteiger partial charge in [-0.15, -0.1) is 0 Å². The predicted molar refractivity (Wildman–Crippen MR) is 75.3 cm³/mol. The van der Waals surface area contributed by atoms with E-state index in [-0.39, 0.29) is 63.9 Å². The molecule has 4 nitrogen and oxygen atoms in total. The first-order chi connectivity index (χ1) is 8.99. The molecule has 5 heteroatoms. The molecule has 0 spiro atoms. The molecule has 0 bridgehead atoms. The van der Waals surface area contributed by atoms with E-state index in [1.54, 1.807) is 0 Å². The number of carbonyl (C=O) groups excluding carboxylic acids is 4. The Kier molecular flexibility index (Phi) is 7.17. The molecule has 0 aromatic rings. The zero-order valence-electron chi connectivity index (χ0n) is 13.2. The minimum Gasteiger partial charge on any atom is -0.299 e. The fraction of sp³-hybridized carbons (Fsp3) is 0.750. The summed E-state index contributed by atoms with van der Waals surface area (Å²) in [7, 11) is 0.